The van der Waals surface area contributed by atoms with E-state index in [0.29, 0.717) is 0 Å². The van der Waals surface area contributed by atoms with Crippen LogP contribution in [0.5, 0.6) is 0 Å². The summed E-state index contributed by atoms with van der Waals surface area (Å²) in [6, 6.07) is 6.53. The lowest BCUT2D eigenvalue weighted by molar-refractivity contribution is 0.551. The van der Waals surface area contributed by atoms with Crippen LogP contribution in [-0.4, -0.2) is 12.0 Å². The van der Waals surface area contributed by atoms with Gasteiger partial charge in [-0.15, -0.1) is 11.3 Å². The van der Waals surface area contributed by atoms with Crippen molar-refractivity contribution in [2.75, 3.05) is 7.05 Å². The van der Waals surface area contributed by atoms with Crippen LogP contribution in [0.2, 0.25) is 5.02 Å². The van der Waals surface area contributed by atoms with E-state index in [1.54, 1.807) is 23.7 Å². The molecule has 90 valence electrons. The summed E-state index contributed by atoms with van der Waals surface area (Å²) in [5.41, 5.74) is 1.13. The molecule has 1 N–H and O–H groups in total. The van der Waals surface area contributed by atoms with E-state index in [-0.39, 0.29) is 6.04 Å². The third-order valence-electron chi connectivity index (χ3n) is 2.79. The predicted molar refractivity (Wildman–Crippen MR) is 73.7 cm³/mol. The number of nitrogens with zero attached hydrogens (tertiary/aromatic N) is 1. The normalized spacial score (nSPS) is 12.6. The van der Waals surface area contributed by atoms with E-state index in [2.05, 4.69) is 27.8 Å². The van der Waals surface area contributed by atoms with Crippen LogP contribution in [0.25, 0.3) is 0 Å². The van der Waals surface area contributed by atoms with E-state index >= 15 is 0 Å². The van der Waals surface area contributed by atoms with Crippen molar-refractivity contribution >= 4 is 22.9 Å². The number of aryl methyl sites for hydroxylation is 1. The molecule has 0 radical (unpaired) electrons. The first-order valence-corrected chi connectivity index (χ1v) is 6.86. The minimum absolute atomic E-state index is 0.285. The smallest absolute Gasteiger partial charge is 0.0637 e. The molecule has 0 spiro atoms. The van der Waals surface area contributed by atoms with Gasteiger partial charge >= 0.3 is 0 Å². The highest BCUT2D eigenvalue weighted by Gasteiger charge is 2.12. The third kappa shape index (κ3) is 3.28. The van der Waals surface area contributed by atoms with Gasteiger partial charge in [0.1, 0.15) is 0 Å². The first-order valence-electron chi connectivity index (χ1n) is 5.60. The highest BCUT2D eigenvalue weighted by atomic mass is 35.5. The second-order valence-electron chi connectivity index (χ2n) is 3.86. The van der Waals surface area contributed by atoms with Gasteiger partial charge in [-0.2, -0.15) is 0 Å². The van der Waals surface area contributed by atoms with Crippen LogP contribution < -0.4 is 5.32 Å². The molecule has 0 aromatic carbocycles. The number of aromatic nitrogens is 1. The highest BCUT2D eigenvalue weighted by Crippen LogP contribution is 2.25. The molecule has 2 rings (SSSR count). The summed E-state index contributed by atoms with van der Waals surface area (Å²) >= 11 is 7.96. The molecule has 2 aromatic heterocycles. The summed E-state index contributed by atoms with van der Waals surface area (Å²) in [5, 5.41) is 6.16. The Morgan fingerprint density at radius 3 is 3.00 bits per heavy atom. The number of pyridine rings is 1. The van der Waals surface area contributed by atoms with Crippen LogP contribution in [0.3, 0.4) is 0 Å². The molecule has 0 saturated heterocycles. The van der Waals surface area contributed by atoms with Crippen LogP contribution in [0.4, 0.5) is 0 Å². The lowest BCUT2D eigenvalue weighted by Gasteiger charge is -2.17. The van der Waals surface area contributed by atoms with Gasteiger partial charge in [-0.1, -0.05) is 17.7 Å². The minimum Gasteiger partial charge on any atom is -0.313 e. The summed E-state index contributed by atoms with van der Waals surface area (Å²) < 4.78 is 0. The van der Waals surface area contributed by atoms with Crippen LogP contribution >= 0.6 is 22.9 Å². The maximum atomic E-state index is 6.16. The Morgan fingerprint density at radius 1 is 1.47 bits per heavy atom. The number of hydrogen-bond donors (Lipinski definition) is 1. The molecule has 0 saturated carbocycles. The molecule has 2 nitrogen and oxygen atoms in total. The summed E-state index contributed by atoms with van der Waals surface area (Å²) in [4.78, 5) is 5.43. The second-order valence-corrected chi connectivity index (χ2v) is 5.30. The van der Waals surface area contributed by atoms with Gasteiger partial charge in [0.05, 0.1) is 5.02 Å². The molecule has 2 aromatic rings. The van der Waals surface area contributed by atoms with Gasteiger partial charge in [-0.05, 0) is 43.0 Å². The fraction of sp³-hybridized carbons (Fsp3) is 0.308. The maximum Gasteiger partial charge on any atom is 0.0637 e. The summed E-state index contributed by atoms with van der Waals surface area (Å²) in [5.74, 6) is 0. The van der Waals surface area contributed by atoms with Crippen molar-refractivity contribution in [1.82, 2.24) is 10.3 Å². The molecular formula is C13H15ClN2S. The summed E-state index contributed by atoms with van der Waals surface area (Å²) in [7, 11) is 1.97. The molecule has 2 heterocycles. The number of rotatable bonds is 5. The van der Waals surface area contributed by atoms with E-state index in [9.17, 15) is 0 Å². The topological polar surface area (TPSA) is 24.9 Å². The minimum atomic E-state index is 0.285. The van der Waals surface area contributed by atoms with E-state index in [0.717, 1.165) is 23.4 Å². The average molecular weight is 267 g/mol. The fourth-order valence-corrected chi connectivity index (χ4v) is 2.84. The van der Waals surface area contributed by atoms with Crippen molar-refractivity contribution in [1.29, 1.82) is 0 Å². The van der Waals surface area contributed by atoms with Crippen LogP contribution in [0.1, 0.15) is 22.9 Å². The zero-order valence-electron chi connectivity index (χ0n) is 9.69. The molecule has 0 bridgehead atoms. The van der Waals surface area contributed by atoms with Crippen molar-refractivity contribution in [3.63, 3.8) is 0 Å². The SMILES string of the molecule is CNC(CCc1cccs1)c1ccncc1Cl. The van der Waals surface area contributed by atoms with Crippen LogP contribution in [-0.2, 0) is 6.42 Å². The Kier molecular flexibility index (Phi) is 4.54. The van der Waals surface area contributed by atoms with Gasteiger partial charge < -0.3 is 5.32 Å². The Balaban J connectivity index is 2.04. The summed E-state index contributed by atoms with van der Waals surface area (Å²) in [6.45, 7) is 0. The van der Waals surface area contributed by atoms with E-state index in [4.69, 9.17) is 11.6 Å². The first kappa shape index (κ1) is 12.6. The van der Waals surface area contributed by atoms with Crippen molar-refractivity contribution in [3.05, 3.63) is 51.4 Å². The van der Waals surface area contributed by atoms with Crippen LogP contribution in [0, 0.1) is 0 Å². The van der Waals surface area contributed by atoms with Gasteiger partial charge in [0.2, 0.25) is 0 Å². The average Bonchev–Trinajstić information content (AvgIpc) is 2.85. The molecule has 0 aliphatic carbocycles. The lowest BCUT2D eigenvalue weighted by atomic mass is 10.0. The van der Waals surface area contributed by atoms with Gasteiger partial charge in [0, 0.05) is 23.3 Å². The van der Waals surface area contributed by atoms with Gasteiger partial charge in [0.15, 0.2) is 0 Å². The second kappa shape index (κ2) is 6.15. The lowest BCUT2D eigenvalue weighted by Crippen LogP contribution is -2.17. The number of hydrogen-bond acceptors (Lipinski definition) is 3. The zero-order chi connectivity index (χ0) is 12.1. The first-order chi connectivity index (χ1) is 8.31. The van der Waals surface area contributed by atoms with Crippen molar-refractivity contribution < 1.29 is 0 Å². The van der Waals surface area contributed by atoms with Gasteiger partial charge in [0.25, 0.3) is 0 Å². The molecule has 4 heteroatoms. The van der Waals surface area contributed by atoms with E-state index in [1.165, 1.54) is 4.88 Å². The van der Waals surface area contributed by atoms with E-state index in [1.807, 2.05) is 13.1 Å². The molecule has 1 unspecified atom stereocenters. The standard InChI is InChI=1S/C13H15ClN2S/c1-15-13(5-4-10-3-2-8-17-10)11-6-7-16-9-12(11)14/h2-3,6-9,13,15H,4-5H2,1H3. The Labute approximate surface area is 111 Å². The molecule has 17 heavy (non-hydrogen) atoms. The molecule has 0 fully saturated rings. The molecule has 1 atom stereocenters. The van der Waals surface area contributed by atoms with Crippen molar-refractivity contribution in [2.24, 2.45) is 0 Å². The fourth-order valence-electron chi connectivity index (χ4n) is 1.87. The maximum absolute atomic E-state index is 6.16. The van der Waals surface area contributed by atoms with Gasteiger partial charge in [-0.25, -0.2) is 0 Å². The molecular weight excluding hydrogens is 252 g/mol. The Morgan fingerprint density at radius 2 is 2.35 bits per heavy atom. The molecule has 0 aliphatic rings. The van der Waals surface area contributed by atoms with Crippen molar-refractivity contribution in [3.8, 4) is 0 Å². The molecule has 0 aliphatic heterocycles. The van der Waals surface area contributed by atoms with Crippen LogP contribution in [0.15, 0.2) is 36.0 Å². The highest BCUT2D eigenvalue weighted by molar-refractivity contribution is 7.09. The number of nitrogens with one attached hydrogen (secondary N) is 1. The quantitative estimate of drug-likeness (QED) is 0.893. The monoisotopic (exact) mass is 266 g/mol. The largest absolute Gasteiger partial charge is 0.313 e. The van der Waals surface area contributed by atoms with E-state index < -0.39 is 0 Å². The Hall–Kier alpha value is -0.900. The third-order valence-corrected chi connectivity index (χ3v) is 4.04. The number of thiophene rings is 1. The molecule has 0 amide bonds. The van der Waals surface area contributed by atoms with Gasteiger partial charge in [-0.3, -0.25) is 4.98 Å². The number of halogens is 1. The predicted octanol–water partition coefficient (Wildman–Crippen LogP) is 3.69. The summed E-state index contributed by atoms with van der Waals surface area (Å²) in [6.07, 6.45) is 5.60. The zero-order valence-corrected chi connectivity index (χ0v) is 11.3. The van der Waals surface area contributed by atoms with Crippen molar-refractivity contribution in [2.45, 2.75) is 18.9 Å². The Bertz CT molecular complexity index is 456.